The number of hydrogen-bond acceptors (Lipinski definition) is 7. The van der Waals surface area contributed by atoms with Gasteiger partial charge < -0.3 is 19.9 Å². The van der Waals surface area contributed by atoms with Gasteiger partial charge in [-0.3, -0.25) is 9.59 Å². The smallest absolute Gasteiger partial charge is 0.231 e. The van der Waals surface area contributed by atoms with E-state index in [0.717, 1.165) is 46.4 Å². The summed E-state index contributed by atoms with van der Waals surface area (Å²) in [4.78, 5) is 29.1. The number of ketones is 1. The first-order chi connectivity index (χ1) is 15.5. The van der Waals surface area contributed by atoms with Gasteiger partial charge in [0, 0.05) is 35.6 Å². The third-order valence-electron chi connectivity index (χ3n) is 7.39. The number of hydrogen-bond donors (Lipinski definition) is 2. The molecule has 0 bridgehead atoms. The van der Waals surface area contributed by atoms with Crippen molar-refractivity contribution in [2.24, 2.45) is 0 Å². The number of carbonyl (C=O) groups excluding carboxylic acids is 2. The fourth-order valence-electron chi connectivity index (χ4n) is 5.35. The standard InChI is InChI=1S/C25H24N2O5/c1-2-25(30)17(14(11-28)6-22(25)29)8-19-24-16(10-26-19)23(13-4-3-5-13)15-7-20-21(32-12-31-20)9-18(15)27-24/h7-9,11,13,26,30H,2-6,10,12H2,1H3/b19-8-/t25-/m0/s1. The fraction of sp³-hybridized carbons (Fsp3) is 0.400. The van der Waals surface area contributed by atoms with E-state index in [1.54, 1.807) is 13.0 Å². The normalized spacial score (nSPS) is 25.4. The van der Waals surface area contributed by atoms with Gasteiger partial charge in [-0.2, -0.15) is 0 Å². The van der Waals surface area contributed by atoms with Gasteiger partial charge in [0.25, 0.3) is 0 Å². The number of Topliss-reactive ketones (excluding diaryl/α,β-unsaturated/α-hetero) is 1. The molecule has 4 aliphatic rings. The van der Waals surface area contributed by atoms with Crippen LogP contribution in [0.1, 0.15) is 61.8 Å². The number of nitrogens with one attached hydrogen (secondary N) is 1. The molecule has 32 heavy (non-hydrogen) atoms. The lowest BCUT2D eigenvalue weighted by molar-refractivity contribution is -0.131. The second kappa shape index (κ2) is 6.90. The molecule has 2 aromatic rings. The summed E-state index contributed by atoms with van der Waals surface area (Å²) in [6.45, 7) is 2.58. The van der Waals surface area contributed by atoms with Gasteiger partial charge in [0.1, 0.15) is 11.9 Å². The van der Waals surface area contributed by atoms with Crippen molar-refractivity contribution >= 4 is 28.7 Å². The van der Waals surface area contributed by atoms with Gasteiger partial charge in [0.2, 0.25) is 6.79 Å². The van der Waals surface area contributed by atoms with Crippen molar-refractivity contribution in [1.82, 2.24) is 10.3 Å². The lowest BCUT2D eigenvalue weighted by Crippen LogP contribution is -2.35. The fourth-order valence-corrected chi connectivity index (χ4v) is 5.35. The van der Waals surface area contributed by atoms with Crippen LogP contribution in [-0.2, 0) is 16.1 Å². The molecule has 164 valence electrons. The molecule has 2 aliphatic heterocycles. The van der Waals surface area contributed by atoms with Crippen LogP contribution in [0.5, 0.6) is 11.5 Å². The van der Waals surface area contributed by atoms with Crippen LogP contribution >= 0.6 is 0 Å². The van der Waals surface area contributed by atoms with E-state index in [1.165, 1.54) is 12.0 Å². The molecule has 0 spiro atoms. The zero-order chi connectivity index (χ0) is 22.0. The minimum absolute atomic E-state index is 0.0399. The molecule has 7 heteroatoms. The summed E-state index contributed by atoms with van der Waals surface area (Å²) < 4.78 is 11.2. The van der Waals surface area contributed by atoms with Crippen molar-refractivity contribution in [3.8, 4) is 11.5 Å². The second-order valence-corrected chi connectivity index (χ2v) is 8.99. The minimum Gasteiger partial charge on any atom is -0.454 e. The molecule has 1 aromatic heterocycles. The zero-order valence-electron chi connectivity index (χ0n) is 17.9. The van der Waals surface area contributed by atoms with Gasteiger partial charge in [-0.1, -0.05) is 13.3 Å². The van der Waals surface area contributed by atoms with E-state index in [9.17, 15) is 14.7 Å². The van der Waals surface area contributed by atoms with Crippen LogP contribution in [-0.4, -0.2) is 34.6 Å². The Hall–Kier alpha value is -3.19. The van der Waals surface area contributed by atoms with Gasteiger partial charge in [0.05, 0.1) is 16.9 Å². The number of ether oxygens (including phenoxy) is 2. The predicted octanol–water partition coefficient (Wildman–Crippen LogP) is 3.28. The van der Waals surface area contributed by atoms with Crippen molar-refractivity contribution in [2.75, 3.05) is 6.79 Å². The first-order valence-corrected chi connectivity index (χ1v) is 11.2. The molecule has 1 saturated carbocycles. The van der Waals surface area contributed by atoms with Gasteiger partial charge in [-0.05, 0) is 48.5 Å². The molecule has 2 aliphatic carbocycles. The monoisotopic (exact) mass is 432 g/mol. The maximum atomic E-state index is 12.5. The number of allylic oxidation sites excluding steroid dienone is 1. The molecule has 0 amide bonds. The molecule has 1 atom stereocenters. The Labute approximate surface area is 185 Å². The van der Waals surface area contributed by atoms with E-state index < -0.39 is 5.60 Å². The van der Waals surface area contributed by atoms with Crippen molar-refractivity contribution in [3.05, 3.63) is 46.2 Å². The van der Waals surface area contributed by atoms with Crippen LogP contribution in [0.3, 0.4) is 0 Å². The maximum Gasteiger partial charge on any atom is 0.231 e. The van der Waals surface area contributed by atoms with Gasteiger partial charge >= 0.3 is 0 Å². The molecule has 0 radical (unpaired) electrons. The Morgan fingerprint density at radius 2 is 2.06 bits per heavy atom. The molecule has 0 saturated heterocycles. The average Bonchev–Trinajstić information content (AvgIpc) is 3.44. The van der Waals surface area contributed by atoms with Crippen molar-refractivity contribution < 1.29 is 24.2 Å². The molecule has 0 unspecified atom stereocenters. The van der Waals surface area contributed by atoms with Crippen LogP contribution in [0.4, 0.5) is 0 Å². The number of aromatic nitrogens is 1. The SMILES string of the molecule is CC[C@@]1(O)C(=O)CC(C=O)=C1/C=C1\NCc2c1nc1cc3c(cc1c2C1CCC1)OCO3. The van der Waals surface area contributed by atoms with E-state index in [0.29, 0.717) is 35.6 Å². The Morgan fingerprint density at radius 3 is 2.75 bits per heavy atom. The Kier molecular flexibility index (Phi) is 4.21. The Balaban J connectivity index is 1.55. The zero-order valence-corrected chi connectivity index (χ0v) is 17.9. The number of fused-ring (bicyclic) bond motifs is 3. The summed E-state index contributed by atoms with van der Waals surface area (Å²) >= 11 is 0. The summed E-state index contributed by atoms with van der Waals surface area (Å²) in [6, 6.07) is 3.96. The molecule has 2 N–H and O–H groups in total. The number of carbonyl (C=O) groups is 2. The number of rotatable bonds is 4. The molecule has 1 fully saturated rings. The van der Waals surface area contributed by atoms with Crippen molar-refractivity contribution in [1.29, 1.82) is 0 Å². The highest BCUT2D eigenvalue weighted by molar-refractivity contribution is 6.04. The number of aliphatic hydroxyl groups is 1. The maximum absolute atomic E-state index is 12.5. The van der Waals surface area contributed by atoms with Gasteiger partial charge in [-0.25, -0.2) is 4.98 Å². The quantitative estimate of drug-likeness (QED) is 0.716. The van der Waals surface area contributed by atoms with Crippen LogP contribution in [0.15, 0.2) is 29.4 Å². The van der Waals surface area contributed by atoms with Crippen molar-refractivity contribution in [3.63, 3.8) is 0 Å². The van der Waals surface area contributed by atoms with Crippen LogP contribution in [0.2, 0.25) is 0 Å². The van der Waals surface area contributed by atoms with E-state index in [-0.39, 0.29) is 25.4 Å². The van der Waals surface area contributed by atoms with Crippen molar-refractivity contribution in [2.45, 2.75) is 57.1 Å². The molecular weight excluding hydrogens is 408 g/mol. The average molecular weight is 432 g/mol. The van der Waals surface area contributed by atoms with Crippen LogP contribution in [0, 0.1) is 0 Å². The Bertz CT molecular complexity index is 1260. The minimum atomic E-state index is -1.63. The molecule has 3 heterocycles. The number of nitrogens with zero attached hydrogens (tertiary/aromatic N) is 1. The highest BCUT2D eigenvalue weighted by atomic mass is 16.7. The topological polar surface area (TPSA) is 97.8 Å². The highest BCUT2D eigenvalue weighted by Gasteiger charge is 2.44. The molecule has 6 rings (SSSR count). The largest absolute Gasteiger partial charge is 0.454 e. The number of benzene rings is 1. The van der Waals surface area contributed by atoms with Crippen LogP contribution < -0.4 is 14.8 Å². The third-order valence-corrected chi connectivity index (χ3v) is 7.39. The summed E-state index contributed by atoms with van der Waals surface area (Å²) in [5, 5.41) is 15.5. The number of aldehydes is 1. The predicted molar refractivity (Wildman–Crippen MR) is 117 cm³/mol. The molecule has 7 nitrogen and oxygen atoms in total. The van der Waals surface area contributed by atoms with E-state index >= 15 is 0 Å². The molecular formula is C25H24N2O5. The molecule has 1 aromatic carbocycles. The summed E-state index contributed by atoms with van der Waals surface area (Å²) in [5.41, 5.74) is 3.91. The second-order valence-electron chi connectivity index (χ2n) is 8.99. The first-order valence-electron chi connectivity index (χ1n) is 11.2. The van der Waals surface area contributed by atoms with E-state index in [1.807, 2.05) is 12.1 Å². The highest BCUT2D eigenvalue weighted by Crippen LogP contribution is 2.47. The lowest BCUT2D eigenvalue weighted by Gasteiger charge is -2.29. The Morgan fingerprint density at radius 1 is 1.28 bits per heavy atom. The summed E-state index contributed by atoms with van der Waals surface area (Å²) in [6.07, 6.45) is 6.11. The van der Waals surface area contributed by atoms with Crippen LogP contribution in [0.25, 0.3) is 16.6 Å². The van der Waals surface area contributed by atoms with Gasteiger partial charge in [0.15, 0.2) is 17.3 Å². The first kappa shape index (κ1) is 19.5. The van der Waals surface area contributed by atoms with E-state index in [4.69, 9.17) is 14.5 Å². The van der Waals surface area contributed by atoms with Gasteiger partial charge in [-0.15, -0.1) is 0 Å². The van der Waals surface area contributed by atoms with E-state index in [2.05, 4.69) is 5.32 Å². The lowest BCUT2D eigenvalue weighted by atomic mass is 9.76. The summed E-state index contributed by atoms with van der Waals surface area (Å²) in [5.74, 6) is 1.58. The third kappa shape index (κ3) is 2.60. The number of pyridine rings is 1. The summed E-state index contributed by atoms with van der Waals surface area (Å²) in [7, 11) is 0.